The summed E-state index contributed by atoms with van der Waals surface area (Å²) < 4.78 is 5.31. The zero-order valence-electron chi connectivity index (χ0n) is 12.3. The highest BCUT2D eigenvalue weighted by molar-refractivity contribution is 5.77. The molecule has 2 bridgehead atoms. The van der Waals surface area contributed by atoms with Crippen LogP contribution in [0.3, 0.4) is 0 Å². The van der Waals surface area contributed by atoms with Gasteiger partial charge in [0.25, 0.3) is 0 Å². The summed E-state index contributed by atoms with van der Waals surface area (Å²) in [4.78, 5) is 14.7. The zero-order valence-corrected chi connectivity index (χ0v) is 12.3. The van der Waals surface area contributed by atoms with Crippen LogP contribution >= 0.6 is 0 Å². The Morgan fingerprint density at radius 3 is 2.80 bits per heavy atom. The van der Waals surface area contributed by atoms with Gasteiger partial charge in [-0.1, -0.05) is 30.3 Å². The Bertz CT molecular complexity index is 473. The Labute approximate surface area is 120 Å². The molecule has 0 spiro atoms. The molecule has 1 saturated carbocycles. The highest BCUT2D eigenvalue weighted by atomic mass is 16.5. The van der Waals surface area contributed by atoms with Crippen molar-refractivity contribution in [3.8, 4) is 0 Å². The van der Waals surface area contributed by atoms with Gasteiger partial charge in [0.15, 0.2) is 0 Å². The third-order valence-corrected chi connectivity index (χ3v) is 4.89. The van der Waals surface area contributed by atoms with Crippen LogP contribution in [0.4, 0.5) is 0 Å². The number of likely N-dealkylation sites (tertiary alicyclic amines) is 1. The summed E-state index contributed by atoms with van der Waals surface area (Å²) in [6, 6.07) is 11.3. The molecule has 4 atom stereocenters. The van der Waals surface area contributed by atoms with E-state index in [4.69, 9.17) is 4.74 Å². The summed E-state index contributed by atoms with van der Waals surface area (Å²) in [6.07, 6.45) is 3.55. The fourth-order valence-electron chi connectivity index (χ4n) is 4.02. The third kappa shape index (κ3) is 2.24. The van der Waals surface area contributed by atoms with E-state index < -0.39 is 0 Å². The molecule has 1 aliphatic carbocycles. The molecule has 0 aromatic heterocycles. The van der Waals surface area contributed by atoms with E-state index in [1.165, 1.54) is 18.4 Å². The maximum atomic E-state index is 12.3. The van der Waals surface area contributed by atoms with Gasteiger partial charge in [-0.05, 0) is 44.6 Å². The van der Waals surface area contributed by atoms with E-state index in [9.17, 15) is 4.79 Å². The lowest BCUT2D eigenvalue weighted by Gasteiger charge is -2.38. The van der Waals surface area contributed by atoms with Crippen LogP contribution < -0.4 is 0 Å². The van der Waals surface area contributed by atoms with Gasteiger partial charge in [0.2, 0.25) is 0 Å². The van der Waals surface area contributed by atoms with Crippen molar-refractivity contribution in [3.63, 3.8) is 0 Å². The summed E-state index contributed by atoms with van der Waals surface area (Å²) >= 11 is 0. The van der Waals surface area contributed by atoms with Crippen molar-refractivity contribution in [3.05, 3.63) is 35.9 Å². The molecular formula is C17H23NO2. The van der Waals surface area contributed by atoms with Crippen LogP contribution in [0.2, 0.25) is 0 Å². The fourth-order valence-corrected chi connectivity index (χ4v) is 4.02. The molecule has 20 heavy (non-hydrogen) atoms. The summed E-state index contributed by atoms with van der Waals surface area (Å²) in [5.41, 5.74) is 1.29. The number of fused-ring (bicyclic) bond motifs is 2. The predicted octanol–water partition coefficient (Wildman–Crippen LogP) is 3.16. The minimum absolute atomic E-state index is 0.0255. The molecule has 0 unspecified atom stereocenters. The number of esters is 1. The number of benzene rings is 1. The summed E-state index contributed by atoms with van der Waals surface area (Å²) in [6.45, 7) is 4.57. The predicted molar refractivity (Wildman–Crippen MR) is 78.2 cm³/mol. The van der Waals surface area contributed by atoms with Crippen molar-refractivity contribution in [2.75, 3.05) is 6.61 Å². The Morgan fingerprint density at radius 1 is 1.35 bits per heavy atom. The second-order valence-electron chi connectivity index (χ2n) is 5.96. The summed E-state index contributed by atoms with van der Waals surface area (Å²) in [5.74, 6) is 0.465. The van der Waals surface area contributed by atoms with Gasteiger partial charge in [-0.15, -0.1) is 0 Å². The lowest BCUT2D eigenvalue weighted by atomic mass is 9.96. The number of nitrogens with zero attached hydrogens (tertiary/aromatic N) is 1. The standard InChI is InChI=1S/C17H23NO2/c1-3-20-17(19)16-14-9-10-15(11-14)18(16)12(2)13-7-5-4-6-8-13/h4-8,12,14-16H,3,9-11H2,1-2H3/t12-,14+,15-,16-/m0/s1. The Hall–Kier alpha value is -1.35. The molecular weight excluding hydrogens is 250 g/mol. The van der Waals surface area contributed by atoms with Gasteiger partial charge >= 0.3 is 5.97 Å². The monoisotopic (exact) mass is 273 g/mol. The number of rotatable bonds is 4. The van der Waals surface area contributed by atoms with Crippen LogP contribution in [0, 0.1) is 5.92 Å². The highest BCUT2D eigenvalue weighted by Gasteiger charge is 2.51. The molecule has 1 heterocycles. The number of hydrogen-bond acceptors (Lipinski definition) is 3. The summed E-state index contributed by atoms with van der Waals surface area (Å²) in [5, 5.41) is 0. The number of carbonyl (C=O) groups is 1. The molecule has 0 radical (unpaired) electrons. The van der Waals surface area contributed by atoms with E-state index in [0.717, 1.165) is 6.42 Å². The van der Waals surface area contributed by atoms with Crippen molar-refractivity contribution in [2.45, 2.75) is 51.2 Å². The van der Waals surface area contributed by atoms with Gasteiger partial charge in [0.05, 0.1) is 6.61 Å². The molecule has 1 aromatic rings. The van der Waals surface area contributed by atoms with E-state index in [1.807, 2.05) is 13.0 Å². The van der Waals surface area contributed by atoms with E-state index in [-0.39, 0.29) is 18.1 Å². The average Bonchev–Trinajstić information content (AvgIpc) is 3.08. The average molecular weight is 273 g/mol. The molecule has 1 saturated heterocycles. The SMILES string of the molecule is CCOC(=O)[C@@H]1[C@@H]2CC[C@@H](C2)N1[C@@H](C)c1ccccc1. The first-order valence-electron chi connectivity index (χ1n) is 7.71. The number of ether oxygens (including phenoxy) is 1. The minimum Gasteiger partial charge on any atom is -0.465 e. The summed E-state index contributed by atoms with van der Waals surface area (Å²) in [7, 11) is 0. The number of carbonyl (C=O) groups excluding carboxylic acids is 1. The van der Waals surface area contributed by atoms with Crippen molar-refractivity contribution in [1.29, 1.82) is 0 Å². The largest absolute Gasteiger partial charge is 0.465 e. The van der Waals surface area contributed by atoms with E-state index in [2.05, 4.69) is 36.1 Å². The molecule has 3 heteroatoms. The first-order chi connectivity index (χ1) is 9.72. The molecule has 3 nitrogen and oxygen atoms in total. The Kier molecular flexibility index (Phi) is 3.79. The van der Waals surface area contributed by atoms with Crippen molar-refractivity contribution in [1.82, 2.24) is 4.90 Å². The molecule has 0 N–H and O–H groups in total. The first kappa shape index (κ1) is 13.6. The van der Waals surface area contributed by atoms with E-state index in [0.29, 0.717) is 18.6 Å². The second kappa shape index (κ2) is 5.57. The van der Waals surface area contributed by atoms with Crippen LogP contribution in [0.5, 0.6) is 0 Å². The van der Waals surface area contributed by atoms with Crippen LogP contribution in [-0.2, 0) is 9.53 Å². The molecule has 108 valence electrons. The maximum absolute atomic E-state index is 12.3. The van der Waals surface area contributed by atoms with Crippen LogP contribution in [-0.4, -0.2) is 29.6 Å². The highest BCUT2D eigenvalue weighted by Crippen LogP contribution is 2.46. The number of piperidine rings is 1. The first-order valence-corrected chi connectivity index (χ1v) is 7.71. The van der Waals surface area contributed by atoms with Crippen LogP contribution in [0.15, 0.2) is 30.3 Å². The zero-order chi connectivity index (χ0) is 14.1. The minimum atomic E-state index is -0.0380. The lowest BCUT2D eigenvalue weighted by Crippen LogP contribution is -2.47. The van der Waals surface area contributed by atoms with Gasteiger partial charge in [0, 0.05) is 12.1 Å². The van der Waals surface area contributed by atoms with Gasteiger partial charge in [-0.2, -0.15) is 0 Å². The number of hydrogen-bond donors (Lipinski definition) is 0. The molecule has 1 aliphatic heterocycles. The lowest BCUT2D eigenvalue weighted by molar-refractivity contribution is -0.152. The smallest absolute Gasteiger partial charge is 0.323 e. The maximum Gasteiger partial charge on any atom is 0.323 e. The van der Waals surface area contributed by atoms with E-state index in [1.54, 1.807) is 0 Å². The molecule has 2 aliphatic rings. The second-order valence-corrected chi connectivity index (χ2v) is 5.96. The normalized spacial score (nSPS) is 30.4. The Balaban J connectivity index is 1.84. The molecule has 3 rings (SSSR count). The van der Waals surface area contributed by atoms with Crippen LogP contribution in [0.25, 0.3) is 0 Å². The van der Waals surface area contributed by atoms with E-state index >= 15 is 0 Å². The molecule has 0 amide bonds. The van der Waals surface area contributed by atoms with Crippen LogP contribution in [0.1, 0.15) is 44.7 Å². The molecule has 1 aromatic carbocycles. The van der Waals surface area contributed by atoms with Crippen molar-refractivity contribution >= 4 is 5.97 Å². The van der Waals surface area contributed by atoms with Crippen molar-refractivity contribution < 1.29 is 9.53 Å². The van der Waals surface area contributed by atoms with Crippen molar-refractivity contribution in [2.24, 2.45) is 5.92 Å². The van der Waals surface area contributed by atoms with Gasteiger partial charge in [-0.3, -0.25) is 9.69 Å². The Morgan fingerprint density at radius 2 is 2.10 bits per heavy atom. The topological polar surface area (TPSA) is 29.5 Å². The van der Waals surface area contributed by atoms with Gasteiger partial charge in [0.1, 0.15) is 6.04 Å². The van der Waals surface area contributed by atoms with Gasteiger partial charge in [-0.25, -0.2) is 0 Å². The molecule has 2 fully saturated rings. The van der Waals surface area contributed by atoms with Gasteiger partial charge < -0.3 is 4.74 Å². The fraction of sp³-hybridized carbons (Fsp3) is 0.588. The third-order valence-electron chi connectivity index (χ3n) is 4.89. The quantitative estimate of drug-likeness (QED) is 0.789.